The Kier molecular flexibility index (Phi) is 6.70. The molecule has 1 heterocycles. The highest BCUT2D eigenvalue weighted by molar-refractivity contribution is 7.80. The highest BCUT2D eigenvalue weighted by Gasteiger charge is 2.19. The van der Waals surface area contributed by atoms with Crippen LogP contribution < -0.4 is 5.32 Å². The third kappa shape index (κ3) is 4.52. The van der Waals surface area contributed by atoms with Crippen LogP contribution in [0, 0.1) is 13.8 Å². The van der Waals surface area contributed by atoms with Crippen molar-refractivity contribution in [2.45, 2.75) is 26.8 Å². The van der Waals surface area contributed by atoms with Gasteiger partial charge in [-0.1, -0.05) is 24.3 Å². The number of hydrogen-bond donors (Lipinski definition) is 1. The molecule has 0 saturated heterocycles. The molecule has 0 aliphatic carbocycles. The molecule has 2 rings (SSSR count). The lowest BCUT2D eigenvalue weighted by atomic mass is 10.1. The number of ether oxygens (including phenoxy) is 1. The molecule has 24 heavy (non-hydrogen) atoms. The first-order chi connectivity index (χ1) is 11.5. The molecular weight excluding hydrogens is 318 g/mol. The van der Waals surface area contributed by atoms with Crippen molar-refractivity contribution in [1.29, 1.82) is 0 Å². The van der Waals surface area contributed by atoms with Crippen LogP contribution in [0.1, 0.15) is 29.7 Å². The molecule has 0 aliphatic rings. The van der Waals surface area contributed by atoms with Crippen LogP contribution >= 0.6 is 12.2 Å². The molecule has 1 aromatic carbocycles. The molecule has 0 fully saturated rings. The van der Waals surface area contributed by atoms with Gasteiger partial charge in [-0.2, -0.15) is 0 Å². The number of benzene rings is 1. The Morgan fingerprint density at radius 2 is 1.96 bits per heavy atom. The van der Waals surface area contributed by atoms with Crippen molar-refractivity contribution in [3.05, 3.63) is 59.4 Å². The van der Waals surface area contributed by atoms with Gasteiger partial charge >= 0.3 is 0 Å². The summed E-state index contributed by atoms with van der Waals surface area (Å²) in [4.78, 5) is 6.36. The van der Waals surface area contributed by atoms with E-state index in [2.05, 4.69) is 60.2 Å². The first-order valence-electron chi connectivity index (χ1n) is 8.07. The Morgan fingerprint density at radius 3 is 2.54 bits per heavy atom. The standard InChI is InChI=1S/C19H25N3OS/c1-14-7-5-8-15(2)18(14)21-19(24)22(11-12-23-4)16(3)17-9-6-10-20-13-17/h5-10,13,16H,11-12H2,1-4H3,(H,21,24)/t16-/m0/s1. The van der Waals surface area contributed by atoms with Crippen LogP contribution in [-0.2, 0) is 4.74 Å². The second kappa shape index (κ2) is 8.76. The summed E-state index contributed by atoms with van der Waals surface area (Å²) in [5, 5.41) is 4.11. The van der Waals surface area contributed by atoms with E-state index in [1.807, 2.05) is 12.3 Å². The lowest BCUT2D eigenvalue weighted by Gasteiger charge is -2.32. The predicted molar refractivity (Wildman–Crippen MR) is 103 cm³/mol. The zero-order chi connectivity index (χ0) is 17.5. The Bertz CT molecular complexity index is 655. The topological polar surface area (TPSA) is 37.4 Å². The molecule has 1 atom stereocenters. The highest BCUT2D eigenvalue weighted by atomic mass is 32.1. The average molecular weight is 343 g/mol. The van der Waals surface area contributed by atoms with Gasteiger partial charge in [0.15, 0.2) is 5.11 Å². The number of hydrogen-bond acceptors (Lipinski definition) is 3. The van der Waals surface area contributed by atoms with Crippen molar-refractivity contribution in [3.63, 3.8) is 0 Å². The van der Waals surface area contributed by atoms with Crippen molar-refractivity contribution in [2.75, 3.05) is 25.6 Å². The first-order valence-corrected chi connectivity index (χ1v) is 8.48. The third-order valence-corrected chi connectivity index (χ3v) is 4.48. The summed E-state index contributed by atoms with van der Waals surface area (Å²) >= 11 is 5.71. The molecule has 128 valence electrons. The lowest BCUT2D eigenvalue weighted by molar-refractivity contribution is 0.165. The van der Waals surface area contributed by atoms with Crippen LogP contribution in [-0.4, -0.2) is 35.3 Å². The molecule has 0 saturated carbocycles. The normalized spacial score (nSPS) is 11.8. The second-order valence-electron chi connectivity index (χ2n) is 5.85. The van der Waals surface area contributed by atoms with Crippen LogP contribution in [0.15, 0.2) is 42.7 Å². The van der Waals surface area contributed by atoms with Crippen molar-refractivity contribution >= 4 is 23.0 Å². The number of rotatable bonds is 6. The molecule has 0 radical (unpaired) electrons. The first kappa shape index (κ1) is 18.4. The maximum atomic E-state index is 5.71. The van der Waals surface area contributed by atoms with E-state index in [0.717, 1.165) is 11.3 Å². The number of aromatic nitrogens is 1. The molecule has 5 heteroatoms. The van der Waals surface area contributed by atoms with Gasteiger partial charge in [-0.15, -0.1) is 0 Å². The smallest absolute Gasteiger partial charge is 0.174 e. The van der Waals surface area contributed by atoms with Crippen LogP contribution in [0.3, 0.4) is 0 Å². The van der Waals surface area contributed by atoms with Gasteiger partial charge in [-0.05, 0) is 55.7 Å². The molecule has 0 spiro atoms. The van der Waals surface area contributed by atoms with Crippen LogP contribution in [0.2, 0.25) is 0 Å². The summed E-state index contributed by atoms with van der Waals surface area (Å²) in [7, 11) is 1.70. The van der Waals surface area contributed by atoms with Crippen LogP contribution in [0.5, 0.6) is 0 Å². The molecule has 0 amide bonds. The van der Waals surface area contributed by atoms with E-state index in [9.17, 15) is 0 Å². The zero-order valence-corrected chi connectivity index (χ0v) is 15.6. The van der Waals surface area contributed by atoms with Crippen molar-refractivity contribution in [1.82, 2.24) is 9.88 Å². The number of methoxy groups -OCH3 is 1. The van der Waals surface area contributed by atoms with Gasteiger partial charge in [0.2, 0.25) is 0 Å². The number of anilines is 1. The summed E-state index contributed by atoms with van der Waals surface area (Å²) in [5.41, 5.74) is 4.55. The molecule has 1 aromatic heterocycles. The maximum Gasteiger partial charge on any atom is 0.174 e. The summed E-state index contributed by atoms with van der Waals surface area (Å²) in [6.07, 6.45) is 3.66. The van der Waals surface area contributed by atoms with Gasteiger partial charge in [0, 0.05) is 31.7 Å². The van der Waals surface area contributed by atoms with Crippen molar-refractivity contribution < 1.29 is 4.74 Å². The fourth-order valence-electron chi connectivity index (χ4n) is 2.65. The Balaban J connectivity index is 2.22. The fourth-order valence-corrected chi connectivity index (χ4v) is 3.01. The molecule has 0 bridgehead atoms. The van der Waals surface area contributed by atoms with Gasteiger partial charge < -0.3 is 15.0 Å². The van der Waals surface area contributed by atoms with E-state index in [4.69, 9.17) is 17.0 Å². The van der Waals surface area contributed by atoms with E-state index in [1.165, 1.54) is 11.1 Å². The van der Waals surface area contributed by atoms with Gasteiger partial charge in [-0.25, -0.2) is 0 Å². The minimum Gasteiger partial charge on any atom is -0.383 e. The van der Waals surface area contributed by atoms with Crippen molar-refractivity contribution in [3.8, 4) is 0 Å². The SMILES string of the molecule is COCCN(C(=S)Nc1c(C)cccc1C)[C@@H](C)c1cccnc1. The van der Waals surface area contributed by atoms with E-state index in [0.29, 0.717) is 18.3 Å². The largest absolute Gasteiger partial charge is 0.383 e. The van der Waals surface area contributed by atoms with Crippen molar-refractivity contribution in [2.24, 2.45) is 0 Å². The number of nitrogens with zero attached hydrogens (tertiary/aromatic N) is 2. The van der Waals surface area contributed by atoms with E-state index in [-0.39, 0.29) is 6.04 Å². The molecule has 0 aliphatic heterocycles. The molecule has 4 nitrogen and oxygen atoms in total. The molecular formula is C19H25N3OS. The van der Waals surface area contributed by atoms with E-state index in [1.54, 1.807) is 13.3 Å². The number of aryl methyl sites for hydroxylation is 2. The van der Waals surface area contributed by atoms with Gasteiger partial charge in [0.05, 0.1) is 12.6 Å². The number of thiocarbonyl (C=S) groups is 1. The summed E-state index contributed by atoms with van der Waals surface area (Å²) in [6.45, 7) is 7.62. The average Bonchev–Trinajstić information content (AvgIpc) is 2.59. The summed E-state index contributed by atoms with van der Waals surface area (Å²) in [5.74, 6) is 0. The fraction of sp³-hybridized carbons (Fsp3) is 0.368. The maximum absolute atomic E-state index is 5.71. The van der Waals surface area contributed by atoms with Gasteiger partial charge in [-0.3, -0.25) is 4.98 Å². The predicted octanol–water partition coefficient (Wildman–Crippen LogP) is 4.10. The minimum absolute atomic E-state index is 0.109. The zero-order valence-electron chi connectivity index (χ0n) is 14.7. The quantitative estimate of drug-likeness (QED) is 0.799. The summed E-state index contributed by atoms with van der Waals surface area (Å²) in [6, 6.07) is 10.4. The lowest BCUT2D eigenvalue weighted by Crippen LogP contribution is -2.39. The van der Waals surface area contributed by atoms with E-state index < -0.39 is 0 Å². The molecule has 2 aromatic rings. The Hall–Kier alpha value is -1.98. The Labute approximate surface area is 149 Å². The molecule has 0 unspecified atom stereocenters. The van der Waals surface area contributed by atoms with Gasteiger partial charge in [0.1, 0.15) is 0 Å². The minimum atomic E-state index is 0.109. The third-order valence-electron chi connectivity index (χ3n) is 4.14. The monoisotopic (exact) mass is 343 g/mol. The second-order valence-corrected chi connectivity index (χ2v) is 6.23. The highest BCUT2D eigenvalue weighted by Crippen LogP contribution is 2.23. The number of nitrogens with one attached hydrogen (secondary N) is 1. The summed E-state index contributed by atoms with van der Waals surface area (Å²) < 4.78 is 5.26. The molecule has 1 N–H and O–H groups in total. The van der Waals surface area contributed by atoms with E-state index >= 15 is 0 Å². The van der Waals surface area contributed by atoms with Crippen LogP contribution in [0.4, 0.5) is 5.69 Å². The number of pyridine rings is 1. The number of para-hydroxylation sites is 1. The van der Waals surface area contributed by atoms with Gasteiger partial charge in [0.25, 0.3) is 0 Å². The van der Waals surface area contributed by atoms with Crippen LogP contribution in [0.25, 0.3) is 0 Å². The Morgan fingerprint density at radius 1 is 1.25 bits per heavy atom.